The molecule has 8 nitrogen and oxygen atoms in total. The van der Waals surface area contributed by atoms with Crippen LogP contribution in [0.4, 0.5) is 0 Å². The maximum absolute atomic E-state index is 13.2. The molecule has 0 spiro atoms. The smallest absolute Gasteiger partial charge is 0.341 e. The molecule has 1 aliphatic rings. The Morgan fingerprint density at radius 1 is 1.19 bits per heavy atom. The first-order valence-corrected chi connectivity index (χ1v) is 11.4. The third kappa shape index (κ3) is 4.09. The number of hydrogen-bond acceptors (Lipinski definition) is 5. The fourth-order valence-electron chi connectivity index (χ4n) is 4.34. The van der Waals surface area contributed by atoms with Gasteiger partial charge in [-0.05, 0) is 44.4 Å². The number of amides is 1. The van der Waals surface area contributed by atoms with Gasteiger partial charge in [-0.25, -0.2) is 9.78 Å². The first kappa shape index (κ1) is 21.9. The average molecular weight is 437 g/mol. The average Bonchev–Trinajstić information content (AvgIpc) is 2.81. The second kappa shape index (κ2) is 9.46. The van der Waals surface area contributed by atoms with Crippen molar-refractivity contribution in [3.05, 3.63) is 51.9 Å². The molecule has 0 saturated heterocycles. The summed E-state index contributed by atoms with van der Waals surface area (Å²) in [5.41, 5.74) is 0.952. The summed E-state index contributed by atoms with van der Waals surface area (Å²) in [5, 5.41) is 0.286. The normalized spacial score (nSPS) is 15.4. The quantitative estimate of drug-likeness (QED) is 0.452. The van der Waals surface area contributed by atoms with Crippen molar-refractivity contribution >= 4 is 28.6 Å². The Labute approximate surface area is 185 Å². The van der Waals surface area contributed by atoms with E-state index in [1.807, 2.05) is 13.0 Å². The number of aryl methyl sites for hydroxylation is 1. The number of esters is 1. The fraction of sp³-hybridized carbons (Fsp3) is 0.458. The highest BCUT2D eigenvalue weighted by Crippen LogP contribution is 2.24. The maximum Gasteiger partial charge on any atom is 0.341 e. The Morgan fingerprint density at radius 2 is 1.97 bits per heavy atom. The highest BCUT2D eigenvalue weighted by molar-refractivity contribution is 5.93. The molecular formula is C24H28N4O4. The zero-order valence-electron chi connectivity index (χ0n) is 18.5. The van der Waals surface area contributed by atoms with Gasteiger partial charge in [-0.3, -0.25) is 14.0 Å². The topological polar surface area (TPSA) is 95.0 Å². The molecule has 0 atom stereocenters. The van der Waals surface area contributed by atoms with Crippen molar-refractivity contribution in [2.24, 2.45) is 10.9 Å². The van der Waals surface area contributed by atoms with Crippen molar-refractivity contribution in [2.45, 2.75) is 58.9 Å². The van der Waals surface area contributed by atoms with Crippen LogP contribution < -0.4 is 11.0 Å². The van der Waals surface area contributed by atoms with Gasteiger partial charge in [0.2, 0.25) is 0 Å². The number of aromatic nitrogens is 3. The van der Waals surface area contributed by atoms with Gasteiger partial charge in [0.05, 0.1) is 12.0 Å². The molecule has 0 aliphatic heterocycles. The largest absolute Gasteiger partial charge is 0.462 e. The molecule has 168 valence electrons. The SMILES string of the molecule is CCCn1c(=NC(=O)C2CCCCC2)c(C(=O)OCC)cc2c(=O)n3ccccc3nc21. The lowest BCUT2D eigenvalue weighted by atomic mass is 9.89. The highest BCUT2D eigenvalue weighted by atomic mass is 16.5. The van der Waals surface area contributed by atoms with Crippen molar-refractivity contribution in [3.63, 3.8) is 0 Å². The van der Waals surface area contributed by atoms with Gasteiger partial charge >= 0.3 is 5.97 Å². The molecule has 3 heterocycles. The predicted octanol–water partition coefficient (Wildman–Crippen LogP) is 3.24. The minimum Gasteiger partial charge on any atom is -0.462 e. The first-order chi connectivity index (χ1) is 15.5. The Balaban J connectivity index is 2.05. The predicted molar refractivity (Wildman–Crippen MR) is 120 cm³/mol. The van der Waals surface area contributed by atoms with E-state index >= 15 is 0 Å². The van der Waals surface area contributed by atoms with Gasteiger partial charge in [0.1, 0.15) is 16.9 Å². The minimum absolute atomic E-state index is 0.117. The van der Waals surface area contributed by atoms with Crippen LogP contribution in [0.5, 0.6) is 0 Å². The molecular weight excluding hydrogens is 408 g/mol. The van der Waals surface area contributed by atoms with Crippen LogP contribution in [-0.2, 0) is 16.1 Å². The lowest BCUT2D eigenvalue weighted by molar-refractivity contribution is -0.122. The summed E-state index contributed by atoms with van der Waals surface area (Å²) in [6.07, 6.45) is 7.11. The van der Waals surface area contributed by atoms with E-state index in [9.17, 15) is 14.4 Å². The van der Waals surface area contributed by atoms with Crippen molar-refractivity contribution in [3.8, 4) is 0 Å². The molecule has 1 fully saturated rings. The van der Waals surface area contributed by atoms with Crippen LogP contribution in [-0.4, -0.2) is 32.4 Å². The van der Waals surface area contributed by atoms with Crippen LogP contribution in [0.3, 0.4) is 0 Å². The van der Waals surface area contributed by atoms with Gasteiger partial charge in [-0.2, -0.15) is 4.99 Å². The second-order valence-corrected chi connectivity index (χ2v) is 8.12. The number of ether oxygens (including phenoxy) is 1. The summed E-state index contributed by atoms with van der Waals surface area (Å²) >= 11 is 0. The van der Waals surface area contributed by atoms with Gasteiger partial charge in [-0.1, -0.05) is 32.3 Å². The van der Waals surface area contributed by atoms with E-state index in [0.717, 1.165) is 32.1 Å². The van der Waals surface area contributed by atoms with Gasteiger partial charge < -0.3 is 9.30 Å². The molecule has 8 heteroatoms. The molecule has 0 N–H and O–H groups in total. The zero-order chi connectivity index (χ0) is 22.7. The standard InChI is InChI=1S/C24H28N4O4/c1-3-13-28-20-17(23(30)27-14-9-8-12-19(27)25-20)15-18(24(31)32-4-2)21(28)26-22(29)16-10-6-5-7-11-16/h8-9,12,14-16H,3-7,10-11,13H2,1-2H3. The van der Waals surface area contributed by atoms with Gasteiger partial charge in [0, 0.05) is 18.7 Å². The third-order valence-electron chi connectivity index (χ3n) is 5.90. The Bertz CT molecular complexity index is 1300. The molecule has 3 aromatic heterocycles. The van der Waals surface area contributed by atoms with Crippen molar-refractivity contribution < 1.29 is 14.3 Å². The highest BCUT2D eigenvalue weighted by Gasteiger charge is 2.23. The minimum atomic E-state index is -0.605. The second-order valence-electron chi connectivity index (χ2n) is 8.12. The van der Waals surface area contributed by atoms with E-state index in [1.54, 1.807) is 29.8 Å². The van der Waals surface area contributed by atoms with Gasteiger partial charge in [-0.15, -0.1) is 0 Å². The van der Waals surface area contributed by atoms with E-state index in [0.29, 0.717) is 24.3 Å². The summed E-state index contributed by atoms with van der Waals surface area (Å²) < 4.78 is 8.41. The summed E-state index contributed by atoms with van der Waals surface area (Å²) in [4.78, 5) is 48.3. The van der Waals surface area contributed by atoms with Crippen LogP contribution in [0.2, 0.25) is 0 Å². The molecule has 1 amide bonds. The van der Waals surface area contributed by atoms with Crippen molar-refractivity contribution in [1.82, 2.24) is 14.0 Å². The third-order valence-corrected chi connectivity index (χ3v) is 5.90. The number of fused-ring (bicyclic) bond motifs is 2. The number of nitrogens with zero attached hydrogens (tertiary/aromatic N) is 4. The molecule has 0 bridgehead atoms. The molecule has 1 saturated carbocycles. The Kier molecular flexibility index (Phi) is 6.48. The molecule has 32 heavy (non-hydrogen) atoms. The monoisotopic (exact) mass is 436 g/mol. The van der Waals surface area contributed by atoms with Crippen molar-refractivity contribution in [2.75, 3.05) is 6.61 Å². The molecule has 0 unspecified atom stereocenters. The first-order valence-electron chi connectivity index (χ1n) is 11.4. The number of carbonyl (C=O) groups is 2. The van der Waals surface area contributed by atoms with Gasteiger partial charge in [0.15, 0.2) is 5.49 Å². The maximum atomic E-state index is 13.2. The number of hydrogen-bond donors (Lipinski definition) is 0. The summed E-state index contributed by atoms with van der Waals surface area (Å²) in [6, 6.07) is 6.78. The van der Waals surface area contributed by atoms with Crippen LogP contribution in [0.1, 0.15) is 62.7 Å². The molecule has 0 radical (unpaired) electrons. The van der Waals surface area contributed by atoms with Crippen LogP contribution in [0.25, 0.3) is 16.7 Å². The lowest BCUT2D eigenvalue weighted by Crippen LogP contribution is -2.33. The van der Waals surface area contributed by atoms with Crippen LogP contribution in [0.15, 0.2) is 40.2 Å². The van der Waals surface area contributed by atoms with E-state index in [2.05, 4.69) is 9.98 Å². The molecule has 0 aromatic carbocycles. The van der Waals surface area contributed by atoms with Crippen molar-refractivity contribution in [1.29, 1.82) is 0 Å². The number of pyridine rings is 2. The lowest BCUT2D eigenvalue weighted by Gasteiger charge is -2.19. The van der Waals surface area contributed by atoms with E-state index in [1.165, 1.54) is 10.5 Å². The zero-order valence-corrected chi connectivity index (χ0v) is 18.5. The van der Waals surface area contributed by atoms with E-state index in [-0.39, 0.29) is 40.4 Å². The number of rotatable bonds is 5. The Morgan fingerprint density at radius 3 is 2.69 bits per heavy atom. The summed E-state index contributed by atoms with van der Waals surface area (Å²) in [7, 11) is 0. The van der Waals surface area contributed by atoms with Gasteiger partial charge in [0.25, 0.3) is 11.5 Å². The molecule has 3 aromatic rings. The van der Waals surface area contributed by atoms with Crippen LogP contribution in [0, 0.1) is 5.92 Å². The summed E-state index contributed by atoms with van der Waals surface area (Å²) in [6.45, 7) is 4.33. The molecule has 1 aliphatic carbocycles. The number of carbonyl (C=O) groups excluding carboxylic acids is 2. The summed E-state index contributed by atoms with van der Waals surface area (Å²) in [5.74, 6) is -0.969. The van der Waals surface area contributed by atoms with Crippen LogP contribution >= 0.6 is 0 Å². The van der Waals surface area contributed by atoms with E-state index < -0.39 is 5.97 Å². The fourth-order valence-corrected chi connectivity index (χ4v) is 4.34. The Hall–Kier alpha value is -3.29. The van der Waals surface area contributed by atoms with E-state index in [4.69, 9.17) is 4.74 Å². The molecule has 4 rings (SSSR count).